The van der Waals surface area contributed by atoms with Gasteiger partial charge in [-0.15, -0.1) is 0 Å². The SMILES string of the molecule is CCCCCCCCCCCCNS(=O)(=O)CC(=O)Oc1c(C(C)C)cccc1C(C)C. The molecule has 0 unspecified atom stereocenters. The van der Waals surface area contributed by atoms with Crippen LogP contribution in [0.2, 0.25) is 0 Å². The van der Waals surface area contributed by atoms with Gasteiger partial charge in [-0.1, -0.05) is 111 Å². The number of carbonyl (C=O) groups is 1. The molecule has 32 heavy (non-hydrogen) atoms. The van der Waals surface area contributed by atoms with Gasteiger partial charge in [0.05, 0.1) is 0 Å². The fourth-order valence-electron chi connectivity index (χ4n) is 3.79. The van der Waals surface area contributed by atoms with Crippen LogP contribution in [0.5, 0.6) is 5.75 Å². The maximum absolute atomic E-state index is 12.4. The molecule has 1 aromatic carbocycles. The van der Waals surface area contributed by atoms with Crippen LogP contribution in [0.3, 0.4) is 0 Å². The van der Waals surface area contributed by atoms with E-state index in [0.29, 0.717) is 12.3 Å². The number of para-hydroxylation sites is 1. The summed E-state index contributed by atoms with van der Waals surface area (Å²) in [5.41, 5.74) is 1.83. The van der Waals surface area contributed by atoms with Gasteiger partial charge in [-0.3, -0.25) is 4.79 Å². The molecule has 0 saturated heterocycles. The molecule has 184 valence electrons. The molecule has 0 heterocycles. The first-order chi connectivity index (χ1) is 15.2. The van der Waals surface area contributed by atoms with Crippen molar-refractivity contribution in [3.8, 4) is 5.75 Å². The molecule has 0 saturated carbocycles. The number of unbranched alkanes of at least 4 members (excludes halogenated alkanes) is 9. The highest BCUT2D eigenvalue weighted by Crippen LogP contribution is 2.34. The number of hydrogen-bond donors (Lipinski definition) is 1. The number of hydrogen-bond acceptors (Lipinski definition) is 4. The Kier molecular flexibility index (Phi) is 13.8. The minimum absolute atomic E-state index is 0.169. The Morgan fingerprint density at radius 3 is 1.78 bits per heavy atom. The van der Waals surface area contributed by atoms with Crippen molar-refractivity contribution in [3.05, 3.63) is 29.3 Å². The van der Waals surface area contributed by atoms with Crippen molar-refractivity contribution in [2.75, 3.05) is 12.3 Å². The lowest BCUT2D eigenvalue weighted by molar-refractivity contribution is -0.131. The minimum atomic E-state index is -3.70. The van der Waals surface area contributed by atoms with E-state index >= 15 is 0 Å². The fraction of sp³-hybridized carbons (Fsp3) is 0.731. The Morgan fingerprint density at radius 2 is 1.31 bits per heavy atom. The summed E-state index contributed by atoms with van der Waals surface area (Å²) < 4.78 is 32.8. The summed E-state index contributed by atoms with van der Waals surface area (Å²) in [4.78, 5) is 12.4. The van der Waals surface area contributed by atoms with E-state index in [9.17, 15) is 13.2 Å². The van der Waals surface area contributed by atoms with Crippen LogP contribution in [0.25, 0.3) is 0 Å². The van der Waals surface area contributed by atoms with Gasteiger partial charge in [0.2, 0.25) is 10.0 Å². The minimum Gasteiger partial charge on any atom is -0.425 e. The van der Waals surface area contributed by atoms with E-state index in [2.05, 4.69) is 11.6 Å². The summed E-state index contributed by atoms with van der Waals surface area (Å²) in [7, 11) is -3.70. The largest absolute Gasteiger partial charge is 0.425 e. The molecule has 1 N–H and O–H groups in total. The van der Waals surface area contributed by atoms with Crippen molar-refractivity contribution < 1.29 is 17.9 Å². The molecule has 0 spiro atoms. The van der Waals surface area contributed by atoms with Gasteiger partial charge in [0, 0.05) is 6.54 Å². The normalized spacial score (nSPS) is 12.0. The van der Waals surface area contributed by atoms with Crippen LogP contribution in [-0.4, -0.2) is 26.7 Å². The third-order valence-corrected chi connectivity index (χ3v) is 6.96. The lowest BCUT2D eigenvalue weighted by Gasteiger charge is -2.19. The van der Waals surface area contributed by atoms with E-state index in [-0.39, 0.29) is 11.8 Å². The van der Waals surface area contributed by atoms with Crippen LogP contribution < -0.4 is 9.46 Å². The second kappa shape index (κ2) is 15.4. The Morgan fingerprint density at radius 1 is 0.844 bits per heavy atom. The van der Waals surface area contributed by atoms with Gasteiger partial charge in [-0.2, -0.15) is 0 Å². The van der Waals surface area contributed by atoms with Crippen molar-refractivity contribution in [1.29, 1.82) is 0 Å². The van der Waals surface area contributed by atoms with Gasteiger partial charge >= 0.3 is 5.97 Å². The molecule has 5 nitrogen and oxygen atoms in total. The summed E-state index contributed by atoms with van der Waals surface area (Å²) in [5, 5.41) is 0. The van der Waals surface area contributed by atoms with Crippen molar-refractivity contribution in [2.45, 2.75) is 111 Å². The molecule has 0 aromatic heterocycles. The van der Waals surface area contributed by atoms with Crippen LogP contribution in [-0.2, 0) is 14.8 Å². The van der Waals surface area contributed by atoms with Gasteiger partial charge in [-0.25, -0.2) is 13.1 Å². The van der Waals surface area contributed by atoms with Crippen LogP contribution in [0.4, 0.5) is 0 Å². The van der Waals surface area contributed by atoms with Crippen molar-refractivity contribution in [2.24, 2.45) is 0 Å². The second-order valence-corrected chi connectivity index (χ2v) is 11.2. The number of sulfonamides is 1. The zero-order valence-electron chi connectivity index (χ0n) is 20.9. The van der Waals surface area contributed by atoms with Crippen molar-refractivity contribution in [1.82, 2.24) is 4.72 Å². The maximum Gasteiger partial charge on any atom is 0.327 e. The van der Waals surface area contributed by atoms with E-state index < -0.39 is 21.7 Å². The van der Waals surface area contributed by atoms with E-state index in [1.165, 1.54) is 44.9 Å². The Balaban J connectivity index is 2.39. The Labute approximate surface area is 196 Å². The number of esters is 1. The maximum atomic E-state index is 12.4. The van der Waals surface area contributed by atoms with Gasteiger partial charge in [0.1, 0.15) is 5.75 Å². The summed E-state index contributed by atoms with van der Waals surface area (Å²) in [6, 6.07) is 5.81. The summed E-state index contributed by atoms with van der Waals surface area (Å²) >= 11 is 0. The third kappa shape index (κ3) is 11.5. The average molecular weight is 468 g/mol. The molecule has 0 aliphatic carbocycles. The first-order valence-corrected chi connectivity index (χ1v) is 14.1. The summed E-state index contributed by atoms with van der Waals surface area (Å²) in [6.45, 7) is 10.7. The molecule has 0 aliphatic rings. The standard InChI is InChI=1S/C26H45NO4S/c1-6-7-8-9-10-11-12-13-14-15-19-27-32(29,30)20-25(28)31-26-23(21(2)3)17-16-18-24(26)22(4)5/h16-18,21-22,27H,6-15,19-20H2,1-5H3. The molecule has 6 heteroatoms. The van der Waals surface area contributed by atoms with Crippen molar-refractivity contribution >= 4 is 16.0 Å². The van der Waals surface area contributed by atoms with Gasteiger partial charge < -0.3 is 4.74 Å². The average Bonchev–Trinajstić information content (AvgIpc) is 2.71. The first-order valence-electron chi connectivity index (χ1n) is 12.5. The molecular formula is C26H45NO4S. The van der Waals surface area contributed by atoms with Crippen LogP contribution in [0, 0.1) is 0 Å². The summed E-state index contributed by atoms with van der Waals surface area (Å²) in [6.07, 6.45) is 11.9. The zero-order chi connectivity index (χ0) is 24.0. The number of rotatable bonds is 17. The number of nitrogens with one attached hydrogen (secondary N) is 1. The first kappa shape index (κ1) is 28.6. The van der Waals surface area contributed by atoms with E-state index in [4.69, 9.17) is 4.74 Å². The Hall–Kier alpha value is -1.40. The number of benzene rings is 1. The predicted octanol–water partition coefficient (Wildman–Crippen LogP) is 6.68. The fourth-order valence-corrected chi connectivity index (χ4v) is 4.72. The topological polar surface area (TPSA) is 72.5 Å². The van der Waals surface area contributed by atoms with E-state index in [1.807, 2.05) is 45.9 Å². The molecule has 0 fully saturated rings. The number of carbonyl (C=O) groups excluding carboxylic acids is 1. The molecule has 1 rings (SSSR count). The molecular weight excluding hydrogens is 422 g/mol. The molecule has 0 radical (unpaired) electrons. The van der Waals surface area contributed by atoms with Crippen LogP contribution in [0.1, 0.15) is 122 Å². The predicted molar refractivity (Wildman–Crippen MR) is 134 cm³/mol. The zero-order valence-corrected chi connectivity index (χ0v) is 21.7. The van der Waals surface area contributed by atoms with E-state index in [0.717, 1.165) is 30.4 Å². The third-order valence-electron chi connectivity index (χ3n) is 5.70. The van der Waals surface area contributed by atoms with Crippen LogP contribution >= 0.6 is 0 Å². The molecule has 1 aromatic rings. The lowest BCUT2D eigenvalue weighted by Crippen LogP contribution is -2.33. The van der Waals surface area contributed by atoms with Gasteiger partial charge in [0.25, 0.3) is 0 Å². The quantitative estimate of drug-likeness (QED) is 0.158. The molecule has 0 amide bonds. The highest BCUT2D eigenvalue weighted by Gasteiger charge is 2.22. The molecule has 0 aliphatic heterocycles. The monoisotopic (exact) mass is 467 g/mol. The lowest BCUT2D eigenvalue weighted by atomic mass is 9.94. The van der Waals surface area contributed by atoms with Crippen LogP contribution in [0.15, 0.2) is 18.2 Å². The second-order valence-electron chi connectivity index (χ2n) is 9.38. The Bertz CT molecular complexity index is 746. The van der Waals surface area contributed by atoms with E-state index in [1.54, 1.807) is 0 Å². The van der Waals surface area contributed by atoms with Gasteiger partial charge in [0.15, 0.2) is 5.75 Å². The highest BCUT2D eigenvalue weighted by atomic mass is 32.2. The number of ether oxygens (including phenoxy) is 1. The van der Waals surface area contributed by atoms with Gasteiger partial charge in [-0.05, 0) is 29.4 Å². The smallest absolute Gasteiger partial charge is 0.327 e. The highest BCUT2D eigenvalue weighted by molar-refractivity contribution is 7.90. The summed E-state index contributed by atoms with van der Waals surface area (Å²) in [5.74, 6) is -0.553. The molecule has 0 bridgehead atoms. The van der Waals surface area contributed by atoms with Crippen molar-refractivity contribution in [3.63, 3.8) is 0 Å². The molecule has 0 atom stereocenters.